The van der Waals surface area contributed by atoms with Crippen molar-refractivity contribution in [2.24, 2.45) is 0 Å². The topological polar surface area (TPSA) is 91.1 Å². The summed E-state index contributed by atoms with van der Waals surface area (Å²) in [7, 11) is 0. The number of nitrogen functional groups attached to an aromatic ring is 1. The van der Waals surface area contributed by atoms with Gasteiger partial charge < -0.3 is 15.8 Å². The first-order valence-corrected chi connectivity index (χ1v) is 6.69. The first-order chi connectivity index (χ1) is 9.65. The summed E-state index contributed by atoms with van der Waals surface area (Å²) in [5.41, 5.74) is 8.53. The Hall–Kier alpha value is -1.92. The van der Waals surface area contributed by atoms with Crippen LogP contribution in [0.25, 0.3) is 11.0 Å². The second kappa shape index (κ2) is 6.49. The number of hydrogen-bond acceptors (Lipinski definition) is 5. The van der Waals surface area contributed by atoms with Crippen molar-refractivity contribution in [2.45, 2.75) is 26.0 Å². The number of anilines is 1. The van der Waals surface area contributed by atoms with E-state index in [-0.39, 0.29) is 6.10 Å². The van der Waals surface area contributed by atoms with Crippen LogP contribution in [0.15, 0.2) is 25.2 Å². The summed E-state index contributed by atoms with van der Waals surface area (Å²) in [6.07, 6.45) is 5.80. The van der Waals surface area contributed by atoms with Gasteiger partial charge in [0, 0.05) is 31.4 Å². The minimum absolute atomic E-state index is 0.195. The number of β-amino-alcohol motifs (C(OH)–C–C–N with tert-alkyl or cyclic N) is 1. The van der Waals surface area contributed by atoms with E-state index in [0.29, 0.717) is 5.82 Å². The van der Waals surface area contributed by atoms with Gasteiger partial charge in [-0.3, -0.25) is 4.90 Å². The average Bonchev–Trinajstić information content (AvgIpc) is 2.99. The third kappa shape index (κ3) is 3.15. The summed E-state index contributed by atoms with van der Waals surface area (Å²) >= 11 is 0. The van der Waals surface area contributed by atoms with Crippen LogP contribution >= 0.6 is 0 Å². The van der Waals surface area contributed by atoms with Gasteiger partial charge in [-0.2, -0.15) is 0 Å². The first-order valence-electron chi connectivity index (χ1n) is 6.69. The molecule has 1 aliphatic rings. The summed E-state index contributed by atoms with van der Waals surface area (Å²) in [5.74, 6) is 0.475. The van der Waals surface area contributed by atoms with Gasteiger partial charge >= 0.3 is 0 Å². The van der Waals surface area contributed by atoms with Gasteiger partial charge in [-0.1, -0.05) is 6.08 Å². The largest absolute Gasteiger partial charge is 0.392 e. The Bertz CT molecular complexity index is 580. The second-order valence-electron chi connectivity index (χ2n) is 4.88. The molecule has 6 heteroatoms. The summed E-state index contributed by atoms with van der Waals surface area (Å²) < 4.78 is 0. The summed E-state index contributed by atoms with van der Waals surface area (Å²) in [6.45, 7) is 7.69. The molecule has 4 N–H and O–H groups in total. The molecule has 6 nitrogen and oxygen atoms in total. The molecular weight excluding hydrogens is 254 g/mol. The number of fused-ring (bicyclic) bond motifs is 1. The van der Waals surface area contributed by atoms with E-state index >= 15 is 0 Å². The molecule has 1 saturated heterocycles. The predicted octanol–water partition coefficient (Wildman–Crippen LogP) is 1.30. The monoisotopic (exact) mass is 275 g/mol. The second-order valence-corrected chi connectivity index (χ2v) is 4.88. The highest BCUT2D eigenvalue weighted by Crippen LogP contribution is 2.22. The standard InChI is InChI=1S/C11H15N5O.C3H6/c12-11-10-9(14-6-15-11)7(3-13-10)4-16-2-1-8(17)5-16;1-3-2/h3,6,8,13,17H,1-2,4-5H2,(H2,12,14,15);3H,1H2,2H3/t8-;/m1./s1. The van der Waals surface area contributed by atoms with Crippen LogP contribution < -0.4 is 5.73 Å². The quantitative estimate of drug-likeness (QED) is 0.719. The number of nitrogens with two attached hydrogens (primary N) is 1. The number of aliphatic hydroxyl groups excluding tert-OH is 1. The zero-order chi connectivity index (χ0) is 14.5. The van der Waals surface area contributed by atoms with Crippen LogP contribution in [-0.4, -0.2) is 44.2 Å². The lowest BCUT2D eigenvalue weighted by Crippen LogP contribution is -2.21. The van der Waals surface area contributed by atoms with E-state index in [4.69, 9.17) is 5.73 Å². The normalized spacial score (nSPS) is 18.8. The Morgan fingerprint density at radius 1 is 1.60 bits per heavy atom. The van der Waals surface area contributed by atoms with Gasteiger partial charge in [0.1, 0.15) is 11.8 Å². The molecule has 2 aromatic heterocycles. The van der Waals surface area contributed by atoms with E-state index in [2.05, 4.69) is 26.4 Å². The maximum Gasteiger partial charge on any atom is 0.151 e. The van der Waals surface area contributed by atoms with Gasteiger partial charge in [0.15, 0.2) is 5.82 Å². The van der Waals surface area contributed by atoms with Gasteiger partial charge in [-0.25, -0.2) is 9.97 Å². The highest BCUT2D eigenvalue weighted by Gasteiger charge is 2.21. The number of nitrogens with one attached hydrogen (secondary N) is 1. The van der Waals surface area contributed by atoms with Gasteiger partial charge in [-0.15, -0.1) is 6.58 Å². The maximum atomic E-state index is 9.49. The molecule has 1 fully saturated rings. The van der Waals surface area contributed by atoms with Crippen LogP contribution in [0, 0.1) is 0 Å². The molecule has 1 atom stereocenters. The zero-order valence-electron chi connectivity index (χ0n) is 11.7. The zero-order valence-corrected chi connectivity index (χ0v) is 11.7. The molecular formula is C14H21N5O. The van der Waals surface area contributed by atoms with Crippen molar-refractivity contribution in [1.82, 2.24) is 19.9 Å². The molecule has 0 bridgehead atoms. The van der Waals surface area contributed by atoms with Crippen LogP contribution in [0.1, 0.15) is 18.9 Å². The minimum Gasteiger partial charge on any atom is -0.392 e. The Kier molecular flexibility index (Phi) is 4.70. The molecule has 2 aromatic rings. The highest BCUT2D eigenvalue weighted by atomic mass is 16.3. The van der Waals surface area contributed by atoms with Crippen molar-refractivity contribution in [1.29, 1.82) is 0 Å². The Balaban J connectivity index is 0.000000452. The number of rotatable bonds is 2. The number of nitrogens with zero attached hydrogens (tertiary/aromatic N) is 3. The van der Waals surface area contributed by atoms with E-state index in [1.165, 1.54) is 6.33 Å². The molecule has 108 valence electrons. The Morgan fingerprint density at radius 2 is 2.35 bits per heavy atom. The molecule has 1 aliphatic heterocycles. The van der Waals surface area contributed by atoms with Crippen LogP contribution in [0.4, 0.5) is 5.82 Å². The number of aromatic amines is 1. The molecule has 20 heavy (non-hydrogen) atoms. The molecule has 0 unspecified atom stereocenters. The fraction of sp³-hybridized carbons (Fsp3) is 0.429. The van der Waals surface area contributed by atoms with Crippen LogP contribution in [0.3, 0.4) is 0 Å². The SMILES string of the molecule is C=CC.Nc1ncnc2c(CN3CC[C@@H](O)C3)c[nH]c12. The van der Waals surface area contributed by atoms with Crippen LogP contribution in [0.5, 0.6) is 0 Å². The molecule has 3 rings (SSSR count). The van der Waals surface area contributed by atoms with Crippen molar-refractivity contribution in [3.8, 4) is 0 Å². The van der Waals surface area contributed by atoms with Gasteiger partial charge in [-0.05, 0) is 13.3 Å². The number of aliphatic hydroxyl groups is 1. The van der Waals surface area contributed by atoms with E-state index in [9.17, 15) is 5.11 Å². The van der Waals surface area contributed by atoms with E-state index in [1.54, 1.807) is 6.08 Å². The third-order valence-corrected chi connectivity index (χ3v) is 3.21. The van der Waals surface area contributed by atoms with Crippen molar-refractivity contribution in [2.75, 3.05) is 18.8 Å². The molecule has 0 aliphatic carbocycles. The predicted molar refractivity (Wildman–Crippen MR) is 80.1 cm³/mol. The number of hydrogen-bond donors (Lipinski definition) is 3. The Labute approximate surface area is 118 Å². The molecule has 0 radical (unpaired) electrons. The summed E-state index contributed by atoms with van der Waals surface area (Å²) in [4.78, 5) is 13.5. The van der Waals surface area contributed by atoms with Crippen molar-refractivity contribution >= 4 is 16.9 Å². The van der Waals surface area contributed by atoms with Crippen molar-refractivity contribution in [3.05, 3.63) is 30.7 Å². The molecule has 0 spiro atoms. The number of H-pyrrole nitrogens is 1. The van der Waals surface area contributed by atoms with Crippen LogP contribution in [-0.2, 0) is 6.54 Å². The van der Waals surface area contributed by atoms with E-state index in [1.807, 2.05) is 13.1 Å². The highest BCUT2D eigenvalue weighted by molar-refractivity contribution is 5.86. The van der Waals surface area contributed by atoms with Gasteiger partial charge in [0.25, 0.3) is 0 Å². The number of allylic oxidation sites excluding steroid dienone is 1. The summed E-state index contributed by atoms with van der Waals surface area (Å²) in [5, 5.41) is 9.49. The van der Waals surface area contributed by atoms with Crippen molar-refractivity contribution < 1.29 is 5.11 Å². The number of likely N-dealkylation sites (tertiary alicyclic amines) is 1. The first kappa shape index (κ1) is 14.5. The molecule has 0 amide bonds. The number of aromatic nitrogens is 3. The van der Waals surface area contributed by atoms with Crippen molar-refractivity contribution in [3.63, 3.8) is 0 Å². The Morgan fingerprint density at radius 3 is 3.00 bits per heavy atom. The maximum absolute atomic E-state index is 9.49. The van der Waals surface area contributed by atoms with E-state index < -0.39 is 0 Å². The lowest BCUT2D eigenvalue weighted by Gasteiger charge is -2.13. The lowest BCUT2D eigenvalue weighted by molar-refractivity contribution is 0.175. The third-order valence-electron chi connectivity index (χ3n) is 3.21. The average molecular weight is 275 g/mol. The molecule has 0 saturated carbocycles. The molecule has 0 aromatic carbocycles. The van der Waals surface area contributed by atoms with Gasteiger partial charge in [0.05, 0.1) is 11.6 Å². The lowest BCUT2D eigenvalue weighted by atomic mass is 10.2. The van der Waals surface area contributed by atoms with E-state index in [0.717, 1.165) is 42.7 Å². The fourth-order valence-electron chi connectivity index (χ4n) is 2.33. The minimum atomic E-state index is -0.195. The van der Waals surface area contributed by atoms with Crippen LogP contribution in [0.2, 0.25) is 0 Å². The summed E-state index contributed by atoms with van der Waals surface area (Å²) in [6, 6.07) is 0. The smallest absolute Gasteiger partial charge is 0.151 e. The molecule has 3 heterocycles. The van der Waals surface area contributed by atoms with Gasteiger partial charge in [0.2, 0.25) is 0 Å². The fourth-order valence-corrected chi connectivity index (χ4v) is 2.33.